The van der Waals surface area contributed by atoms with Crippen molar-refractivity contribution in [3.63, 3.8) is 0 Å². The van der Waals surface area contributed by atoms with Crippen LogP contribution in [0.4, 0.5) is 14.5 Å². The second-order valence-corrected chi connectivity index (χ2v) is 9.13. The number of benzene rings is 2. The molecule has 0 radical (unpaired) electrons. The number of anilines is 1. The van der Waals surface area contributed by atoms with E-state index in [1.54, 1.807) is 0 Å². The Bertz CT molecular complexity index is 992. The van der Waals surface area contributed by atoms with E-state index in [9.17, 15) is 22.0 Å². The summed E-state index contributed by atoms with van der Waals surface area (Å²) in [5.74, 6) is -0.596. The minimum atomic E-state index is -3.83. The Balaban J connectivity index is 1.79. The van der Waals surface area contributed by atoms with Gasteiger partial charge in [0.25, 0.3) is 5.91 Å². The molecule has 162 valence electrons. The van der Waals surface area contributed by atoms with E-state index in [0.29, 0.717) is 18.8 Å². The lowest BCUT2D eigenvalue weighted by molar-refractivity contribution is -0.0498. The summed E-state index contributed by atoms with van der Waals surface area (Å²) in [7, 11) is -3.83. The molecule has 1 fully saturated rings. The number of nitrogens with zero attached hydrogens (tertiary/aromatic N) is 1. The molecule has 0 atom stereocenters. The third-order valence-electron chi connectivity index (χ3n) is 4.71. The number of hydrogen-bond donors (Lipinski definition) is 1. The lowest BCUT2D eigenvalue weighted by atomic mass is 10.2. The van der Waals surface area contributed by atoms with E-state index in [4.69, 9.17) is 11.6 Å². The quantitative estimate of drug-likeness (QED) is 0.677. The average molecular weight is 459 g/mol. The largest absolute Gasteiger partial charge is 0.435 e. The van der Waals surface area contributed by atoms with E-state index in [1.165, 1.54) is 46.8 Å². The Hall–Kier alpha value is -2.23. The highest BCUT2D eigenvalue weighted by atomic mass is 35.5. The summed E-state index contributed by atoms with van der Waals surface area (Å²) in [6.45, 7) is -2.10. The van der Waals surface area contributed by atoms with Crippen molar-refractivity contribution in [2.75, 3.05) is 18.4 Å². The van der Waals surface area contributed by atoms with E-state index in [-0.39, 0.29) is 21.2 Å². The summed E-state index contributed by atoms with van der Waals surface area (Å²) in [5, 5.41) is 2.64. The summed E-state index contributed by atoms with van der Waals surface area (Å²) < 4.78 is 56.2. The molecule has 0 bridgehead atoms. The Kier molecular flexibility index (Phi) is 7.27. The van der Waals surface area contributed by atoms with Crippen LogP contribution in [-0.2, 0) is 10.0 Å². The lowest BCUT2D eigenvalue weighted by Gasteiger charge is -2.21. The van der Waals surface area contributed by atoms with Gasteiger partial charge in [-0.25, -0.2) is 8.42 Å². The number of hydrogen-bond acceptors (Lipinski definition) is 4. The van der Waals surface area contributed by atoms with Crippen molar-refractivity contribution >= 4 is 33.2 Å². The van der Waals surface area contributed by atoms with Crippen molar-refractivity contribution in [3.8, 4) is 5.75 Å². The van der Waals surface area contributed by atoms with Gasteiger partial charge in [-0.3, -0.25) is 4.79 Å². The molecule has 3 rings (SSSR count). The molecular weight excluding hydrogens is 438 g/mol. The zero-order valence-corrected chi connectivity index (χ0v) is 17.6. The smallest absolute Gasteiger partial charge is 0.387 e. The lowest BCUT2D eigenvalue weighted by Crippen LogP contribution is -2.32. The fraction of sp³-hybridized carbons (Fsp3) is 0.350. The summed E-state index contributed by atoms with van der Waals surface area (Å²) in [6, 6.07) is 9.44. The summed E-state index contributed by atoms with van der Waals surface area (Å²) in [6.07, 6.45) is 3.51. The van der Waals surface area contributed by atoms with Crippen molar-refractivity contribution in [2.24, 2.45) is 0 Å². The fourth-order valence-corrected chi connectivity index (χ4v) is 5.20. The molecule has 6 nitrogen and oxygen atoms in total. The molecular formula is C20H21ClF2N2O4S. The van der Waals surface area contributed by atoms with Gasteiger partial charge in [-0.05, 0) is 55.3 Å². The minimum Gasteiger partial charge on any atom is -0.435 e. The molecule has 1 N–H and O–H groups in total. The molecule has 0 aromatic heterocycles. The minimum absolute atomic E-state index is 0.0414. The maximum absolute atomic E-state index is 13.1. The van der Waals surface area contributed by atoms with Gasteiger partial charge in [0, 0.05) is 24.3 Å². The SMILES string of the molecule is O=C(Nc1ccc(OC(F)F)cc1)c1ccc(Cl)c(S(=O)(=O)N2CCCCCC2)c1. The first-order valence-electron chi connectivity index (χ1n) is 9.43. The van der Waals surface area contributed by atoms with E-state index in [1.807, 2.05) is 0 Å². The number of carbonyl (C=O) groups excluding carboxylic acids is 1. The van der Waals surface area contributed by atoms with Crippen molar-refractivity contribution in [1.29, 1.82) is 0 Å². The van der Waals surface area contributed by atoms with Crippen molar-refractivity contribution in [3.05, 3.63) is 53.1 Å². The van der Waals surface area contributed by atoms with Crippen molar-refractivity contribution < 1.29 is 26.7 Å². The van der Waals surface area contributed by atoms with Crippen LogP contribution in [0.25, 0.3) is 0 Å². The molecule has 30 heavy (non-hydrogen) atoms. The van der Waals surface area contributed by atoms with Gasteiger partial charge in [-0.15, -0.1) is 0 Å². The Morgan fingerprint density at radius 2 is 1.67 bits per heavy atom. The molecule has 1 aliphatic heterocycles. The highest BCUT2D eigenvalue weighted by Crippen LogP contribution is 2.28. The van der Waals surface area contributed by atoms with Gasteiger partial charge in [0.15, 0.2) is 0 Å². The number of sulfonamides is 1. The Labute approximate surface area is 178 Å². The van der Waals surface area contributed by atoms with Crippen LogP contribution in [0.1, 0.15) is 36.0 Å². The molecule has 0 saturated carbocycles. The number of rotatable bonds is 6. The standard InChI is InChI=1S/C20H21ClF2N2O4S/c21-17-10-5-14(13-18(17)30(27,28)25-11-3-1-2-4-12-25)19(26)24-15-6-8-16(9-7-15)29-20(22)23/h5-10,13,20H,1-4,11-12H2,(H,24,26). The number of carbonyl (C=O) groups is 1. The monoisotopic (exact) mass is 458 g/mol. The van der Waals surface area contributed by atoms with Gasteiger partial charge in [0.05, 0.1) is 5.02 Å². The van der Waals surface area contributed by atoms with Crippen molar-refractivity contribution in [2.45, 2.75) is 37.2 Å². The topological polar surface area (TPSA) is 75.7 Å². The maximum Gasteiger partial charge on any atom is 0.387 e. The van der Waals surface area contributed by atoms with Crippen LogP contribution in [0.2, 0.25) is 5.02 Å². The number of amides is 1. The van der Waals surface area contributed by atoms with Gasteiger partial charge in [-0.1, -0.05) is 24.4 Å². The number of halogens is 3. The van der Waals surface area contributed by atoms with Crippen LogP contribution in [0.5, 0.6) is 5.75 Å². The Morgan fingerprint density at radius 3 is 2.27 bits per heavy atom. The first-order valence-corrected chi connectivity index (χ1v) is 11.2. The highest BCUT2D eigenvalue weighted by molar-refractivity contribution is 7.89. The average Bonchev–Trinajstić information content (AvgIpc) is 2.99. The molecule has 1 saturated heterocycles. The van der Waals surface area contributed by atoms with Crippen LogP contribution in [0.3, 0.4) is 0 Å². The molecule has 2 aromatic carbocycles. The zero-order chi connectivity index (χ0) is 21.7. The van der Waals surface area contributed by atoms with E-state index in [0.717, 1.165) is 25.7 Å². The zero-order valence-electron chi connectivity index (χ0n) is 16.0. The summed E-state index contributed by atoms with van der Waals surface area (Å²) in [5.41, 5.74) is 0.453. The third kappa shape index (κ3) is 5.47. The Morgan fingerprint density at radius 1 is 1.03 bits per heavy atom. The van der Waals surface area contributed by atoms with Crippen LogP contribution < -0.4 is 10.1 Å². The van der Waals surface area contributed by atoms with Crippen LogP contribution in [0.15, 0.2) is 47.4 Å². The van der Waals surface area contributed by atoms with Crippen LogP contribution >= 0.6 is 11.6 Å². The van der Waals surface area contributed by atoms with Gasteiger partial charge in [0.2, 0.25) is 10.0 Å². The number of alkyl halides is 2. The number of nitrogens with one attached hydrogen (secondary N) is 1. The number of ether oxygens (including phenoxy) is 1. The fourth-order valence-electron chi connectivity index (χ4n) is 3.19. The molecule has 1 heterocycles. The van der Waals surface area contributed by atoms with Crippen molar-refractivity contribution in [1.82, 2.24) is 4.31 Å². The first-order chi connectivity index (χ1) is 14.3. The van der Waals surface area contributed by atoms with E-state index >= 15 is 0 Å². The molecule has 1 amide bonds. The summed E-state index contributed by atoms with van der Waals surface area (Å²) >= 11 is 6.15. The second-order valence-electron chi connectivity index (χ2n) is 6.82. The van der Waals surface area contributed by atoms with Crippen LogP contribution in [0, 0.1) is 0 Å². The second kappa shape index (κ2) is 9.72. The van der Waals surface area contributed by atoms with Crippen LogP contribution in [-0.4, -0.2) is 38.3 Å². The molecule has 0 aliphatic carbocycles. The normalized spacial score (nSPS) is 15.6. The van der Waals surface area contributed by atoms with Gasteiger partial charge in [0.1, 0.15) is 10.6 Å². The molecule has 2 aromatic rings. The third-order valence-corrected chi connectivity index (χ3v) is 7.09. The first kappa shape index (κ1) is 22.5. The molecule has 0 spiro atoms. The van der Waals surface area contributed by atoms with Gasteiger partial charge < -0.3 is 10.1 Å². The highest BCUT2D eigenvalue weighted by Gasteiger charge is 2.28. The predicted octanol–water partition coefficient (Wildman–Crippen LogP) is 4.76. The van der Waals surface area contributed by atoms with E-state index < -0.39 is 22.5 Å². The van der Waals surface area contributed by atoms with Gasteiger partial charge in [-0.2, -0.15) is 13.1 Å². The molecule has 1 aliphatic rings. The molecule has 10 heteroatoms. The molecule has 0 unspecified atom stereocenters. The summed E-state index contributed by atoms with van der Waals surface area (Å²) in [4.78, 5) is 12.5. The maximum atomic E-state index is 13.1. The van der Waals surface area contributed by atoms with Gasteiger partial charge >= 0.3 is 6.61 Å². The van der Waals surface area contributed by atoms with E-state index in [2.05, 4.69) is 10.1 Å². The predicted molar refractivity (Wildman–Crippen MR) is 110 cm³/mol.